The number of aromatic hydroxyl groups is 1. The molecule has 0 fully saturated rings. The van der Waals surface area contributed by atoms with Gasteiger partial charge in [0.1, 0.15) is 17.4 Å². The summed E-state index contributed by atoms with van der Waals surface area (Å²) < 4.78 is 5.39. The Morgan fingerprint density at radius 2 is 1.61 bits per heavy atom. The molecule has 0 aliphatic heterocycles. The average molecular weight is 552 g/mol. The highest BCUT2D eigenvalue weighted by molar-refractivity contribution is 6.00. The smallest absolute Gasteiger partial charge is 0.408 e. The van der Waals surface area contributed by atoms with Gasteiger partial charge in [-0.25, -0.2) is 4.79 Å². The molecule has 8 heteroatoms. The maximum Gasteiger partial charge on any atom is 0.408 e. The van der Waals surface area contributed by atoms with Gasteiger partial charge >= 0.3 is 6.09 Å². The maximum absolute atomic E-state index is 14.1. The van der Waals surface area contributed by atoms with Crippen LogP contribution in [0.2, 0.25) is 0 Å². The summed E-state index contributed by atoms with van der Waals surface area (Å²) >= 11 is 0. The molecule has 3 aromatic carbocycles. The number of terminal acetylenes is 2. The highest BCUT2D eigenvalue weighted by Crippen LogP contribution is 2.28. The number of alkyl carbamates (subject to hydrolysis) is 1. The third-order valence-electron chi connectivity index (χ3n) is 6.06. The SMILES string of the molecule is C#Cc1ccccc1C(C(=O)Nc1ccccc1C)N(C#C)C(=O)C(Cc1ccc(O)cc1)NC(=O)OC(C)(C)C. The van der Waals surface area contributed by atoms with Crippen LogP contribution in [0.1, 0.15) is 49.1 Å². The van der Waals surface area contributed by atoms with Crippen LogP contribution in [0.4, 0.5) is 10.5 Å². The van der Waals surface area contributed by atoms with Crippen molar-refractivity contribution < 1.29 is 24.2 Å². The predicted molar refractivity (Wildman–Crippen MR) is 158 cm³/mol. The molecule has 0 spiro atoms. The molecule has 0 bridgehead atoms. The van der Waals surface area contributed by atoms with Gasteiger partial charge in [0.15, 0.2) is 6.04 Å². The monoisotopic (exact) mass is 551 g/mol. The minimum Gasteiger partial charge on any atom is -0.508 e. The van der Waals surface area contributed by atoms with Crippen LogP contribution in [0.25, 0.3) is 0 Å². The number of ether oxygens (including phenoxy) is 1. The van der Waals surface area contributed by atoms with Crippen LogP contribution >= 0.6 is 0 Å². The number of phenols is 1. The van der Waals surface area contributed by atoms with Gasteiger partial charge in [0, 0.05) is 29.3 Å². The molecule has 0 aromatic heterocycles. The summed E-state index contributed by atoms with van der Waals surface area (Å²) in [4.78, 5) is 41.7. The fourth-order valence-electron chi connectivity index (χ4n) is 4.13. The van der Waals surface area contributed by atoms with Crippen molar-refractivity contribution in [3.63, 3.8) is 0 Å². The largest absolute Gasteiger partial charge is 0.508 e. The summed E-state index contributed by atoms with van der Waals surface area (Å²) in [7, 11) is 0. The number of nitrogens with zero attached hydrogens (tertiary/aromatic N) is 1. The lowest BCUT2D eigenvalue weighted by atomic mass is 9.97. The van der Waals surface area contributed by atoms with Gasteiger partial charge in [-0.1, -0.05) is 60.9 Å². The van der Waals surface area contributed by atoms with E-state index in [4.69, 9.17) is 17.6 Å². The predicted octanol–water partition coefficient (Wildman–Crippen LogP) is 4.92. The Morgan fingerprint density at radius 1 is 0.976 bits per heavy atom. The van der Waals surface area contributed by atoms with Crippen LogP contribution in [0.5, 0.6) is 5.75 Å². The number of anilines is 1. The molecule has 210 valence electrons. The molecule has 2 unspecified atom stereocenters. The molecule has 0 saturated carbocycles. The quantitative estimate of drug-likeness (QED) is 0.272. The summed E-state index contributed by atoms with van der Waals surface area (Å²) in [5, 5.41) is 15.2. The Bertz CT molecular complexity index is 1490. The van der Waals surface area contributed by atoms with Gasteiger partial charge in [-0.2, -0.15) is 0 Å². The number of carbonyl (C=O) groups excluding carboxylic acids is 3. The van der Waals surface area contributed by atoms with E-state index in [1.165, 1.54) is 12.1 Å². The lowest BCUT2D eigenvalue weighted by Gasteiger charge is -2.31. The lowest BCUT2D eigenvalue weighted by molar-refractivity contribution is -0.136. The molecule has 0 aliphatic rings. The topological polar surface area (TPSA) is 108 Å². The molecular weight excluding hydrogens is 518 g/mol. The van der Waals surface area contributed by atoms with Gasteiger partial charge in [0.25, 0.3) is 11.8 Å². The zero-order chi connectivity index (χ0) is 30.2. The summed E-state index contributed by atoms with van der Waals surface area (Å²) in [6.45, 7) is 6.92. The number of nitrogens with one attached hydrogen (secondary N) is 2. The van der Waals surface area contributed by atoms with E-state index < -0.39 is 35.6 Å². The molecule has 0 saturated heterocycles. The van der Waals surface area contributed by atoms with Gasteiger partial charge in [-0.15, -0.1) is 6.42 Å². The van der Waals surface area contributed by atoms with Crippen molar-refractivity contribution in [2.75, 3.05) is 5.32 Å². The van der Waals surface area contributed by atoms with Gasteiger partial charge in [0.2, 0.25) is 0 Å². The number of aryl methyl sites for hydroxylation is 1. The Kier molecular flexibility index (Phi) is 9.79. The first-order valence-electron chi connectivity index (χ1n) is 12.9. The fraction of sp³-hybridized carbons (Fsp3) is 0.242. The first kappa shape index (κ1) is 30.3. The number of para-hydroxylation sites is 1. The number of amides is 3. The van der Waals surface area contributed by atoms with Crippen molar-refractivity contribution in [1.82, 2.24) is 10.2 Å². The minimum absolute atomic E-state index is 0.000541. The van der Waals surface area contributed by atoms with E-state index in [0.29, 0.717) is 22.4 Å². The second kappa shape index (κ2) is 13.2. The van der Waals surface area contributed by atoms with Gasteiger partial charge in [-0.05, 0) is 63.1 Å². The van der Waals surface area contributed by atoms with E-state index in [1.807, 2.05) is 19.1 Å². The summed E-state index contributed by atoms with van der Waals surface area (Å²) in [6, 6.07) is 19.8. The van der Waals surface area contributed by atoms with Crippen molar-refractivity contribution >= 4 is 23.6 Å². The molecule has 3 N–H and O–H groups in total. The first-order chi connectivity index (χ1) is 19.4. The van der Waals surface area contributed by atoms with Crippen molar-refractivity contribution in [3.05, 3.63) is 95.1 Å². The minimum atomic E-state index is -1.33. The zero-order valence-corrected chi connectivity index (χ0v) is 23.5. The molecule has 3 aromatic rings. The molecule has 8 nitrogen and oxygen atoms in total. The highest BCUT2D eigenvalue weighted by Gasteiger charge is 2.37. The van der Waals surface area contributed by atoms with E-state index in [9.17, 15) is 19.5 Å². The number of hydrogen-bond acceptors (Lipinski definition) is 5. The Balaban J connectivity index is 2.06. The first-order valence-corrected chi connectivity index (χ1v) is 12.9. The molecule has 0 aliphatic carbocycles. The van der Waals surface area contributed by atoms with E-state index in [1.54, 1.807) is 69.3 Å². The average Bonchev–Trinajstić information content (AvgIpc) is 2.92. The summed E-state index contributed by atoms with van der Waals surface area (Å²) in [5.41, 5.74) is 1.86. The van der Waals surface area contributed by atoms with Crippen LogP contribution in [-0.2, 0) is 20.7 Å². The number of benzene rings is 3. The molecular formula is C33H33N3O5. The zero-order valence-electron chi connectivity index (χ0n) is 23.5. The molecule has 0 radical (unpaired) electrons. The summed E-state index contributed by atoms with van der Waals surface area (Å²) in [6.07, 6.45) is 10.8. The molecule has 0 heterocycles. The molecule has 3 rings (SSSR count). The fourth-order valence-corrected chi connectivity index (χ4v) is 4.13. The van der Waals surface area contributed by atoms with Crippen molar-refractivity contribution in [3.8, 4) is 30.6 Å². The standard InChI is InChI=1S/C33H33N3O5/c1-7-24-14-10-11-15-26(24)29(30(38)34-27-16-12-9-13-22(27)3)36(8-2)31(39)28(35-32(40)41-33(4,5)6)21-23-17-19-25(37)20-18-23/h1-2,9-20,28-29,37H,21H2,3-6H3,(H,34,38)(H,35,40). The van der Waals surface area contributed by atoms with Crippen molar-refractivity contribution in [2.45, 2.75) is 51.8 Å². The number of hydrogen-bond donors (Lipinski definition) is 3. The van der Waals surface area contributed by atoms with Crippen LogP contribution in [0.15, 0.2) is 72.8 Å². The maximum atomic E-state index is 14.1. The van der Waals surface area contributed by atoms with Gasteiger partial charge in [0.05, 0.1) is 0 Å². The van der Waals surface area contributed by atoms with Gasteiger partial charge in [-0.3, -0.25) is 14.5 Å². The number of rotatable bonds is 8. The van der Waals surface area contributed by atoms with Crippen LogP contribution in [0, 0.1) is 31.7 Å². The molecule has 2 atom stereocenters. The van der Waals surface area contributed by atoms with Crippen molar-refractivity contribution in [1.29, 1.82) is 0 Å². The Hall–Kier alpha value is -5.21. The normalized spacial score (nSPS) is 12.1. The Labute approximate surface area is 240 Å². The van der Waals surface area contributed by atoms with Crippen LogP contribution in [0.3, 0.4) is 0 Å². The summed E-state index contributed by atoms with van der Waals surface area (Å²) in [5.74, 6) is 1.28. The third-order valence-corrected chi connectivity index (χ3v) is 6.06. The molecule has 41 heavy (non-hydrogen) atoms. The highest BCUT2D eigenvalue weighted by atomic mass is 16.6. The van der Waals surface area contributed by atoms with E-state index in [-0.39, 0.29) is 12.2 Å². The van der Waals surface area contributed by atoms with Crippen LogP contribution < -0.4 is 10.6 Å². The number of carbonyl (C=O) groups is 3. The van der Waals surface area contributed by atoms with E-state index in [2.05, 4.69) is 22.6 Å². The van der Waals surface area contributed by atoms with Gasteiger partial charge < -0.3 is 20.5 Å². The lowest BCUT2D eigenvalue weighted by Crippen LogP contribution is -2.51. The number of phenolic OH excluding ortho intramolecular Hbond substituents is 1. The van der Waals surface area contributed by atoms with Crippen molar-refractivity contribution in [2.24, 2.45) is 0 Å². The van der Waals surface area contributed by atoms with Crippen LogP contribution in [-0.4, -0.2) is 39.6 Å². The van der Waals surface area contributed by atoms with E-state index in [0.717, 1.165) is 10.5 Å². The third kappa shape index (κ3) is 8.14. The molecule has 3 amide bonds. The van der Waals surface area contributed by atoms with E-state index >= 15 is 0 Å². The second-order valence-electron chi connectivity index (χ2n) is 10.3. The Morgan fingerprint density at radius 3 is 2.22 bits per heavy atom. The second-order valence-corrected chi connectivity index (χ2v) is 10.3.